The molecule has 1 aromatic carbocycles. The van der Waals surface area contributed by atoms with Crippen LogP contribution in [0.3, 0.4) is 0 Å². The van der Waals surface area contributed by atoms with E-state index in [1.54, 1.807) is 31.3 Å². The van der Waals surface area contributed by atoms with Crippen molar-refractivity contribution in [3.8, 4) is 0 Å². The van der Waals surface area contributed by atoms with E-state index < -0.39 is 0 Å². The van der Waals surface area contributed by atoms with Crippen LogP contribution in [-0.2, 0) is 13.6 Å². The maximum atomic E-state index is 12.4. The Morgan fingerprint density at radius 1 is 1.21 bits per heavy atom. The first-order valence-electron chi connectivity index (χ1n) is 8.60. The molecule has 1 aromatic heterocycles. The first kappa shape index (κ1) is 22.2. The average Bonchev–Trinajstić information content (AvgIpc) is 3.09. The summed E-state index contributed by atoms with van der Waals surface area (Å²) in [5.41, 5.74) is 1.97. The van der Waals surface area contributed by atoms with Gasteiger partial charge in [0.1, 0.15) is 0 Å². The van der Waals surface area contributed by atoms with Crippen LogP contribution in [0.2, 0.25) is 5.02 Å². The minimum absolute atomic E-state index is 0. The molecule has 9 heteroatoms. The molecule has 3 rings (SSSR count). The fraction of sp³-hybridized carbons (Fsp3) is 0.316. The number of benzene rings is 1. The molecule has 1 aliphatic rings. The van der Waals surface area contributed by atoms with E-state index in [4.69, 9.17) is 11.6 Å². The number of fused-ring (bicyclic) bond motifs is 1. The Labute approximate surface area is 186 Å². The number of rotatable bonds is 5. The Morgan fingerprint density at radius 2 is 1.82 bits per heavy atom. The molecule has 1 N–H and O–H groups in total. The highest BCUT2D eigenvalue weighted by Gasteiger charge is 2.34. The van der Waals surface area contributed by atoms with Crippen molar-refractivity contribution in [3.05, 3.63) is 58.4 Å². The molecule has 0 saturated carbocycles. The molecule has 2 aromatic rings. The molecule has 0 spiro atoms. The van der Waals surface area contributed by atoms with Crippen LogP contribution in [-0.4, -0.2) is 59.3 Å². The highest BCUT2D eigenvalue weighted by Crippen LogP contribution is 2.21. The van der Waals surface area contributed by atoms with Gasteiger partial charge in [0, 0.05) is 46.1 Å². The number of carbonyl (C=O) groups excluding carboxylic acids is 2. The first-order valence-corrected chi connectivity index (χ1v) is 8.98. The zero-order chi connectivity index (χ0) is 19.6. The van der Waals surface area contributed by atoms with Crippen molar-refractivity contribution in [1.29, 1.82) is 0 Å². The van der Waals surface area contributed by atoms with Gasteiger partial charge in [-0.25, -0.2) is 0 Å². The van der Waals surface area contributed by atoms with Gasteiger partial charge in [0.25, 0.3) is 11.8 Å². The Morgan fingerprint density at radius 3 is 2.32 bits per heavy atom. The van der Waals surface area contributed by atoms with E-state index in [2.05, 4.69) is 10.3 Å². The normalized spacial score (nSPS) is 13.4. The summed E-state index contributed by atoms with van der Waals surface area (Å²) in [6.45, 7) is 1.31. The number of aryl methyl sites for hydroxylation is 1. The monoisotopic (exact) mass is 515 g/mol. The second-order valence-corrected chi connectivity index (χ2v) is 6.83. The van der Waals surface area contributed by atoms with Crippen LogP contribution >= 0.6 is 35.6 Å². The van der Waals surface area contributed by atoms with E-state index in [-0.39, 0.29) is 42.3 Å². The first-order chi connectivity index (χ1) is 12.9. The standard InChI is InChI=1S/C19H22ClN5O2.HI/c1-21-19(24(3)12-14-10-13(20)11-23(14)2)22-8-9-25-17(26)15-6-4-5-7-16(15)18(25)27;/h4-7,10-11H,8-9,12H2,1-3H3,(H,21,22);1H. The van der Waals surface area contributed by atoms with Gasteiger partial charge in [0.2, 0.25) is 0 Å². The topological polar surface area (TPSA) is 69.9 Å². The number of hydrogen-bond donors (Lipinski definition) is 1. The molecule has 0 aliphatic carbocycles. The van der Waals surface area contributed by atoms with E-state index in [1.807, 2.05) is 35.8 Å². The summed E-state index contributed by atoms with van der Waals surface area (Å²) in [4.78, 5) is 32.3. The molecule has 2 amide bonds. The third-order valence-corrected chi connectivity index (χ3v) is 4.75. The number of nitrogens with one attached hydrogen (secondary N) is 1. The molecule has 0 atom stereocenters. The van der Waals surface area contributed by atoms with Crippen molar-refractivity contribution in [2.24, 2.45) is 12.0 Å². The van der Waals surface area contributed by atoms with Gasteiger partial charge in [-0.2, -0.15) is 0 Å². The lowest BCUT2D eigenvalue weighted by atomic mass is 10.1. The summed E-state index contributed by atoms with van der Waals surface area (Å²) in [5, 5.41) is 3.89. The van der Waals surface area contributed by atoms with Crippen molar-refractivity contribution < 1.29 is 9.59 Å². The molecule has 1 aliphatic heterocycles. The molecule has 28 heavy (non-hydrogen) atoms. The van der Waals surface area contributed by atoms with Gasteiger partial charge in [0.15, 0.2) is 5.96 Å². The third-order valence-electron chi connectivity index (χ3n) is 4.54. The van der Waals surface area contributed by atoms with E-state index >= 15 is 0 Å². The highest BCUT2D eigenvalue weighted by atomic mass is 127. The van der Waals surface area contributed by atoms with Gasteiger partial charge >= 0.3 is 0 Å². The van der Waals surface area contributed by atoms with E-state index in [0.29, 0.717) is 35.2 Å². The lowest BCUT2D eigenvalue weighted by Crippen LogP contribution is -2.43. The summed E-state index contributed by atoms with van der Waals surface area (Å²) in [6, 6.07) is 8.79. The number of guanidine groups is 1. The predicted molar refractivity (Wildman–Crippen MR) is 120 cm³/mol. The number of amides is 2. The molecular formula is C19H23ClIN5O2. The second kappa shape index (κ2) is 9.42. The van der Waals surface area contributed by atoms with Crippen LogP contribution in [0.5, 0.6) is 0 Å². The Bertz CT molecular complexity index is 876. The van der Waals surface area contributed by atoms with Crippen molar-refractivity contribution >= 4 is 53.4 Å². The van der Waals surface area contributed by atoms with Gasteiger partial charge in [-0.3, -0.25) is 19.5 Å². The fourth-order valence-electron chi connectivity index (χ4n) is 3.15. The Balaban J connectivity index is 0.00000280. The number of halogens is 2. The smallest absolute Gasteiger partial charge is 0.261 e. The van der Waals surface area contributed by atoms with Gasteiger partial charge in [-0.15, -0.1) is 24.0 Å². The van der Waals surface area contributed by atoms with Crippen LogP contribution in [0.25, 0.3) is 0 Å². The maximum absolute atomic E-state index is 12.4. The van der Waals surface area contributed by atoms with Crippen LogP contribution in [0.15, 0.2) is 41.5 Å². The SMILES string of the molecule is CN=C(NCCN1C(=O)c2ccccc2C1=O)N(C)Cc1cc(Cl)cn1C.I. The zero-order valence-electron chi connectivity index (χ0n) is 16.0. The van der Waals surface area contributed by atoms with E-state index in [1.165, 1.54) is 4.90 Å². The highest BCUT2D eigenvalue weighted by molar-refractivity contribution is 14.0. The van der Waals surface area contributed by atoms with Crippen molar-refractivity contribution in [3.63, 3.8) is 0 Å². The van der Waals surface area contributed by atoms with Crippen LogP contribution in [0.4, 0.5) is 0 Å². The summed E-state index contributed by atoms with van der Waals surface area (Å²) >= 11 is 6.03. The van der Waals surface area contributed by atoms with E-state index in [9.17, 15) is 9.59 Å². The molecule has 0 radical (unpaired) electrons. The van der Waals surface area contributed by atoms with Crippen molar-refractivity contribution in [1.82, 2.24) is 19.7 Å². The van der Waals surface area contributed by atoms with Crippen molar-refractivity contribution in [2.45, 2.75) is 6.54 Å². The van der Waals surface area contributed by atoms with E-state index in [0.717, 1.165) is 5.69 Å². The predicted octanol–water partition coefficient (Wildman–Crippen LogP) is 2.60. The molecule has 0 unspecified atom stereocenters. The Kier molecular flexibility index (Phi) is 7.48. The number of aromatic nitrogens is 1. The number of imide groups is 1. The fourth-order valence-corrected chi connectivity index (χ4v) is 3.42. The molecule has 0 bridgehead atoms. The van der Waals surface area contributed by atoms with Crippen molar-refractivity contribution in [2.75, 3.05) is 27.2 Å². The molecule has 0 fully saturated rings. The minimum atomic E-state index is -0.251. The molecule has 150 valence electrons. The zero-order valence-corrected chi connectivity index (χ0v) is 19.1. The number of aliphatic imine (C=N–C) groups is 1. The van der Waals surface area contributed by atoms with Gasteiger partial charge in [-0.05, 0) is 18.2 Å². The van der Waals surface area contributed by atoms with Crippen LogP contribution < -0.4 is 5.32 Å². The number of carbonyl (C=O) groups is 2. The quantitative estimate of drug-likeness (QED) is 0.288. The summed E-state index contributed by atoms with van der Waals surface area (Å²) in [7, 11) is 5.55. The maximum Gasteiger partial charge on any atom is 0.261 e. The number of hydrogen-bond acceptors (Lipinski definition) is 3. The molecule has 0 saturated heterocycles. The molecule has 2 heterocycles. The largest absolute Gasteiger partial charge is 0.354 e. The van der Waals surface area contributed by atoms with Crippen LogP contribution in [0, 0.1) is 0 Å². The van der Waals surface area contributed by atoms with Gasteiger partial charge in [0.05, 0.1) is 22.7 Å². The molecular weight excluding hydrogens is 493 g/mol. The van der Waals surface area contributed by atoms with Crippen LogP contribution in [0.1, 0.15) is 26.4 Å². The van der Waals surface area contributed by atoms with Gasteiger partial charge in [-0.1, -0.05) is 23.7 Å². The van der Waals surface area contributed by atoms with Gasteiger partial charge < -0.3 is 14.8 Å². The average molecular weight is 516 g/mol. The second-order valence-electron chi connectivity index (χ2n) is 6.40. The summed E-state index contributed by atoms with van der Waals surface area (Å²) in [5.74, 6) is 0.169. The minimum Gasteiger partial charge on any atom is -0.354 e. The lowest BCUT2D eigenvalue weighted by Gasteiger charge is -2.23. The summed E-state index contributed by atoms with van der Waals surface area (Å²) < 4.78 is 1.96. The lowest BCUT2D eigenvalue weighted by molar-refractivity contribution is 0.0657. The third kappa shape index (κ3) is 4.49. The molecule has 7 nitrogen and oxygen atoms in total. The number of nitrogens with zero attached hydrogens (tertiary/aromatic N) is 4. The summed E-state index contributed by atoms with van der Waals surface area (Å²) in [6.07, 6.45) is 1.85. The Hall–Kier alpha value is -2.07.